The molecule has 0 aliphatic carbocycles. The summed E-state index contributed by atoms with van der Waals surface area (Å²) in [5, 5.41) is 6.77. The SMILES string of the molecule is CCn1ncc(C)c1NC(=O)CCl. The summed E-state index contributed by atoms with van der Waals surface area (Å²) in [4.78, 5) is 11.0. The third kappa shape index (κ3) is 2.21. The fourth-order valence-electron chi connectivity index (χ4n) is 1.05. The van der Waals surface area contributed by atoms with Crippen LogP contribution in [-0.2, 0) is 11.3 Å². The molecule has 0 bridgehead atoms. The minimum Gasteiger partial charge on any atom is -0.310 e. The van der Waals surface area contributed by atoms with Gasteiger partial charge in [0.1, 0.15) is 11.7 Å². The summed E-state index contributed by atoms with van der Waals surface area (Å²) in [6.45, 7) is 4.58. The van der Waals surface area contributed by atoms with Gasteiger partial charge in [-0.1, -0.05) is 0 Å². The first-order chi connectivity index (χ1) is 6.19. The number of anilines is 1. The van der Waals surface area contributed by atoms with Crippen molar-refractivity contribution in [1.82, 2.24) is 9.78 Å². The summed E-state index contributed by atoms with van der Waals surface area (Å²) in [6, 6.07) is 0. The van der Waals surface area contributed by atoms with Crippen molar-refractivity contribution in [3.63, 3.8) is 0 Å². The quantitative estimate of drug-likeness (QED) is 0.752. The third-order valence-corrected chi connectivity index (χ3v) is 1.94. The Balaban J connectivity index is 2.85. The molecule has 0 aliphatic heterocycles. The molecule has 72 valence electrons. The van der Waals surface area contributed by atoms with E-state index in [0.29, 0.717) is 0 Å². The smallest absolute Gasteiger partial charge is 0.240 e. The molecule has 1 heterocycles. The van der Waals surface area contributed by atoms with Crippen LogP contribution in [0.2, 0.25) is 0 Å². The Kier molecular flexibility index (Phi) is 3.31. The molecule has 0 fully saturated rings. The Morgan fingerprint density at radius 2 is 2.46 bits per heavy atom. The fourth-order valence-corrected chi connectivity index (χ4v) is 1.11. The molecule has 1 N–H and O–H groups in total. The molecule has 0 radical (unpaired) electrons. The van der Waals surface area contributed by atoms with Crippen LogP contribution in [0.1, 0.15) is 12.5 Å². The van der Waals surface area contributed by atoms with E-state index >= 15 is 0 Å². The number of rotatable bonds is 3. The second-order valence-corrected chi connectivity index (χ2v) is 2.94. The van der Waals surface area contributed by atoms with E-state index < -0.39 is 0 Å². The van der Waals surface area contributed by atoms with Crippen molar-refractivity contribution in [3.05, 3.63) is 11.8 Å². The molecule has 0 aliphatic rings. The highest BCUT2D eigenvalue weighted by Gasteiger charge is 2.08. The van der Waals surface area contributed by atoms with Gasteiger partial charge in [0.25, 0.3) is 0 Å². The van der Waals surface area contributed by atoms with Gasteiger partial charge in [-0.25, -0.2) is 4.68 Å². The fraction of sp³-hybridized carbons (Fsp3) is 0.500. The maximum atomic E-state index is 11.0. The van der Waals surface area contributed by atoms with E-state index in [2.05, 4.69) is 10.4 Å². The molecule has 0 saturated carbocycles. The van der Waals surface area contributed by atoms with Gasteiger partial charge in [0, 0.05) is 12.1 Å². The van der Waals surface area contributed by atoms with Gasteiger partial charge in [0.2, 0.25) is 5.91 Å². The van der Waals surface area contributed by atoms with Gasteiger partial charge in [0.15, 0.2) is 0 Å². The summed E-state index contributed by atoms with van der Waals surface area (Å²) in [7, 11) is 0. The molecule has 13 heavy (non-hydrogen) atoms. The standard InChI is InChI=1S/C8H12ClN3O/c1-3-12-8(6(2)5-10-12)11-7(13)4-9/h5H,3-4H2,1-2H3,(H,11,13). The van der Waals surface area contributed by atoms with Crippen molar-refractivity contribution in [3.8, 4) is 0 Å². The largest absolute Gasteiger partial charge is 0.310 e. The van der Waals surface area contributed by atoms with E-state index in [-0.39, 0.29) is 11.8 Å². The number of halogens is 1. The topological polar surface area (TPSA) is 46.9 Å². The van der Waals surface area contributed by atoms with Crippen molar-refractivity contribution in [2.45, 2.75) is 20.4 Å². The highest BCUT2D eigenvalue weighted by Crippen LogP contribution is 2.13. The average molecular weight is 202 g/mol. The highest BCUT2D eigenvalue weighted by atomic mass is 35.5. The van der Waals surface area contributed by atoms with Gasteiger partial charge >= 0.3 is 0 Å². The molecule has 4 nitrogen and oxygen atoms in total. The molecule has 0 spiro atoms. The maximum absolute atomic E-state index is 11.0. The van der Waals surface area contributed by atoms with Crippen LogP contribution in [0.4, 0.5) is 5.82 Å². The minimum atomic E-state index is -0.208. The zero-order chi connectivity index (χ0) is 9.84. The lowest BCUT2D eigenvalue weighted by Gasteiger charge is -2.06. The molecule has 1 rings (SSSR count). The lowest BCUT2D eigenvalue weighted by atomic mass is 10.3. The lowest BCUT2D eigenvalue weighted by Crippen LogP contribution is -2.16. The normalized spacial score (nSPS) is 10.1. The summed E-state index contributed by atoms with van der Waals surface area (Å²) < 4.78 is 1.72. The summed E-state index contributed by atoms with van der Waals surface area (Å²) >= 11 is 5.38. The van der Waals surface area contributed by atoms with Crippen molar-refractivity contribution in [1.29, 1.82) is 0 Å². The Morgan fingerprint density at radius 1 is 1.77 bits per heavy atom. The van der Waals surface area contributed by atoms with E-state index in [1.165, 1.54) is 0 Å². The van der Waals surface area contributed by atoms with Crippen LogP contribution in [-0.4, -0.2) is 21.6 Å². The van der Waals surface area contributed by atoms with Crippen LogP contribution in [0.5, 0.6) is 0 Å². The van der Waals surface area contributed by atoms with E-state index in [1.807, 2.05) is 13.8 Å². The summed E-state index contributed by atoms with van der Waals surface area (Å²) in [5.74, 6) is 0.488. The first-order valence-electron chi connectivity index (χ1n) is 4.07. The van der Waals surface area contributed by atoms with Crippen LogP contribution < -0.4 is 5.32 Å². The van der Waals surface area contributed by atoms with E-state index in [0.717, 1.165) is 17.9 Å². The molecule has 0 unspecified atom stereocenters. The van der Waals surface area contributed by atoms with Crippen LogP contribution in [0.3, 0.4) is 0 Å². The molecule has 0 atom stereocenters. The number of nitrogens with zero attached hydrogens (tertiary/aromatic N) is 2. The van der Waals surface area contributed by atoms with Gasteiger partial charge in [-0.3, -0.25) is 4.79 Å². The Labute approximate surface area is 81.9 Å². The van der Waals surface area contributed by atoms with Crippen molar-refractivity contribution < 1.29 is 4.79 Å². The molecular formula is C8H12ClN3O. The zero-order valence-electron chi connectivity index (χ0n) is 7.67. The van der Waals surface area contributed by atoms with Gasteiger partial charge in [-0.15, -0.1) is 11.6 Å². The number of amides is 1. The zero-order valence-corrected chi connectivity index (χ0v) is 8.43. The van der Waals surface area contributed by atoms with Crippen molar-refractivity contribution in [2.75, 3.05) is 11.2 Å². The predicted molar refractivity (Wildman–Crippen MR) is 52.0 cm³/mol. The number of aryl methyl sites for hydroxylation is 2. The molecule has 1 aromatic heterocycles. The number of carbonyl (C=O) groups excluding carboxylic acids is 1. The highest BCUT2D eigenvalue weighted by molar-refractivity contribution is 6.29. The molecular weight excluding hydrogens is 190 g/mol. The number of aromatic nitrogens is 2. The monoisotopic (exact) mass is 201 g/mol. The Morgan fingerprint density at radius 3 is 3.00 bits per heavy atom. The van der Waals surface area contributed by atoms with Crippen molar-refractivity contribution in [2.24, 2.45) is 0 Å². The van der Waals surface area contributed by atoms with E-state index in [9.17, 15) is 4.79 Å². The van der Waals surface area contributed by atoms with Crippen LogP contribution in [0.25, 0.3) is 0 Å². The number of hydrogen-bond acceptors (Lipinski definition) is 2. The summed E-state index contributed by atoms with van der Waals surface area (Å²) in [5.41, 5.74) is 0.945. The number of nitrogens with one attached hydrogen (secondary N) is 1. The molecule has 1 aromatic rings. The molecule has 0 saturated heterocycles. The first kappa shape index (κ1) is 10.1. The van der Waals surface area contributed by atoms with E-state index in [4.69, 9.17) is 11.6 Å². The summed E-state index contributed by atoms with van der Waals surface area (Å²) in [6.07, 6.45) is 1.72. The number of hydrogen-bond donors (Lipinski definition) is 1. The van der Waals surface area contributed by atoms with Crippen molar-refractivity contribution >= 4 is 23.3 Å². The van der Waals surface area contributed by atoms with Gasteiger partial charge in [-0.05, 0) is 13.8 Å². The Hall–Kier alpha value is -1.03. The maximum Gasteiger partial charge on any atom is 0.240 e. The third-order valence-electron chi connectivity index (χ3n) is 1.70. The second kappa shape index (κ2) is 4.28. The Bertz CT molecular complexity index is 308. The minimum absolute atomic E-state index is 0.0334. The predicted octanol–water partition coefficient (Wildman–Crippen LogP) is 1.39. The van der Waals surface area contributed by atoms with Crippen LogP contribution >= 0.6 is 11.6 Å². The number of carbonyl (C=O) groups is 1. The van der Waals surface area contributed by atoms with Crippen LogP contribution in [0.15, 0.2) is 6.20 Å². The average Bonchev–Trinajstić information content (AvgIpc) is 2.48. The molecule has 1 amide bonds. The number of alkyl halides is 1. The first-order valence-corrected chi connectivity index (χ1v) is 4.60. The lowest BCUT2D eigenvalue weighted by molar-refractivity contribution is -0.114. The van der Waals surface area contributed by atoms with E-state index in [1.54, 1.807) is 10.9 Å². The molecule has 0 aromatic carbocycles. The van der Waals surface area contributed by atoms with Crippen LogP contribution in [0, 0.1) is 6.92 Å². The second-order valence-electron chi connectivity index (χ2n) is 2.67. The molecule has 5 heteroatoms. The van der Waals surface area contributed by atoms with Gasteiger partial charge in [0.05, 0.1) is 6.20 Å². The van der Waals surface area contributed by atoms with Gasteiger partial charge in [-0.2, -0.15) is 5.10 Å². The van der Waals surface area contributed by atoms with Gasteiger partial charge < -0.3 is 5.32 Å².